The van der Waals surface area contributed by atoms with Gasteiger partial charge in [-0.15, -0.1) is 0 Å². The average Bonchev–Trinajstić information content (AvgIpc) is 2.74. The van der Waals surface area contributed by atoms with Crippen LogP contribution in [0.1, 0.15) is 41.5 Å². The lowest BCUT2D eigenvalue weighted by atomic mass is 10.1. The van der Waals surface area contributed by atoms with Gasteiger partial charge in [0.15, 0.2) is 0 Å². The molecule has 0 aromatic heterocycles. The maximum absolute atomic E-state index is 12.6. The minimum absolute atomic E-state index is 0.143. The smallest absolute Gasteiger partial charge is 0.293 e. The fraction of sp³-hybridized carbons (Fsp3) is 0.167. The van der Waals surface area contributed by atoms with Crippen molar-refractivity contribution in [3.8, 4) is 0 Å². The van der Waals surface area contributed by atoms with Crippen LogP contribution in [0.4, 0.5) is 22.7 Å². The Bertz CT molecular complexity index is 1140. The van der Waals surface area contributed by atoms with E-state index in [9.17, 15) is 19.7 Å². The number of benzene rings is 3. The second kappa shape index (κ2) is 9.30. The summed E-state index contributed by atoms with van der Waals surface area (Å²) < 4.78 is 0. The van der Waals surface area contributed by atoms with E-state index in [4.69, 9.17) is 0 Å². The summed E-state index contributed by atoms with van der Waals surface area (Å²) in [7, 11) is 0. The number of nitro groups is 1. The molecule has 0 bridgehead atoms. The number of para-hydroxylation sites is 1. The number of rotatable bonds is 6. The van der Waals surface area contributed by atoms with Gasteiger partial charge in [-0.2, -0.15) is 0 Å². The quantitative estimate of drug-likeness (QED) is 0.370. The summed E-state index contributed by atoms with van der Waals surface area (Å²) in [5.74, 6) is -0.709. The summed E-state index contributed by atoms with van der Waals surface area (Å²) in [6, 6.07) is 19.7. The van der Waals surface area contributed by atoms with Crippen molar-refractivity contribution in [2.75, 3.05) is 10.6 Å². The van der Waals surface area contributed by atoms with E-state index in [0.717, 1.165) is 0 Å². The van der Waals surface area contributed by atoms with Crippen molar-refractivity contribution in [2.45, 2.75) is 26.3 Å². The van der Waals surface area contributed by atoms with Crippen molar-refractivity contribution >= 4 is 34.6 Å². The highest BCUT2D eigenvalue weighted by Gasteiger charge is 2.19. The van der Waals surface area contributed by atoms with Gasteiger partial charge in [-0.1, -0.05) is 18.2 Å². The number of hydrogen-bond acceptors (Lipinski definition) is 5. The molecule has 0 aliphatic rings. The standard InChI is InChI=1S/C24H24N4O4/c1-24(2,3)27-23(30)16-9-12-19(13-10-16)26-22(29)17-11-14-20(21(15-17)28(31)32)25-18-7-5-4-6-8-18/h4-15,25H,1-3H3,(H,26,29)(H,27,30). The fourth-order valence-electron chi connectivity index (χ4n) is 2.93. The minimum atomic E-state index is -0.537. The third-order valence-corrected chi connectivity index (χ3v) is 4.40. The number of nitrogens with one attached hydrogen (secondary N) is 3. The van der Waals surface area contributed by atoms with Gasteiger partial charge < -0.3 is 16.0 Å². The van der Waals surface area contributed by atoms with Crippen molar-refractivity contribution in [3.63, 3.8) is 0 Å². The molecule has 32 heavy (non-hydrogen) atoms. The van der Waals surface area contributed by atoms with Gasteiger partial charge in [0.25, 0.3) is 17.5 Å². The Hall–Kier alpha value is -4.20. The zero-order chi connectivity index (χ0) is 23.3. The van der Waals surface area contributed by atoms with Gasteiger partial charge >= 0.3 is 0 Å². The molecule has 0 aliphatic carbocycles. The summed E-state index contributed by atoms with van der Waals surface area (Å²) in [5, 5.41) is 20.1. The SMILES string of the molecule is CC(C)(C)NC(=O)c1ccc(NC(=O)c2ccc(Nc3ccccc3)c([N+](=O)[O-])c2)cc1. The highest BCUT2D eigenvalue weighted by molar-refractivity contribution is 6.05. The first-order valence-electron chi connectivity index (χ1n) is 9.97. The largest absolute Gasteiger partial charge is 0.350 e. The average molecular weight is 432 g/mol. The number of nitro benzene ring substituents is 1. The molecule has 2 amide bonds. The second-order valence-corrected chi connectivity index (χ2v) is 8.22. The first-order chi connectivity index (χ1) is 15.1. The van der Waals surface area contributed by atoms with E-state index in [-0.39, 0.29) is 28.4 Å². The van der Waals surface area contributed by atoms with Crippen LogP contribution in [0, 0.1) is 10.1 Å². The summed E-state index contributed by atoms with van der Waals surface area (Å²) in [5.41, 5.74) is 1.48. The van der Waals surface area contributed by atoms with Crippen molar-refractivity contribution in [2.24, 2.45) is 0 Å². The number of carbonyl (C=O) groups is 2. The molecule has 0 spiro atoms. The molecule has 0 fully saturated rings. The second-order valence-electron chi connectivity index (χ2n) is 8.22. The topological polar surface area (TPSA) is 113 Å². The van der Waals surface area contributed by atoms with Gasteiger partial charge in [0, 0.05) is 34.1 Å². The molecular formula is C24H24N4O4. The first kappa shape index (κ1) is 22.5. The molecule has 0 atom stereocenters. The molecule has 0 saturated carbocycles. The molecule has 0 radical (unpaired) electrons. The summed E-state index contributed by atoms with van der Waals surface area (Å²) in [6.45, 7) is 5.66. The monoisotopic (exact) mass is 432 g/mol. The lowest BCUT2D eigenvalue weighted by Gasteiger charge is -2.20. The van der Waals surface area contributed by atoms with Crippen molar-refractivity contribution in [1.29, 1.82) is 0 Å². The number of anilines is 3. The van der Waals surface area contributed by atoms with Crippen molar-refractivity contribution in [3.05, 3.63) is 94.0 Å². The molecule has 3 aromatic rings. The summed E-state index contributed by atoms with van der Waals surface area (Å²) in [6.07, 6.45) is 0. The molecular weight excluding hydrogens is 408 g/mol. The Kier molecular flexibility index (Phi) is 6.53. The van der Waals surface area contributed by atoms with Gasteiger partial charge in [0.1, 0.15) is 5.69 Å². The predicted octanol–water partition coefficient (Wildman–Crippen LogP) is 5.12. The first-order valence-corrected chi connectivity index (χ1v) is 9.97. The Morgan fingerprint density at radius 1 is 0.812 bits per heavy atom. The molecule has 0 saturated heterocycles. The van der Waals surface area contributed by atoms with Gasteiger partial charge in [-0.3, -0.25) is 19.7 Å². The maximum atomic E-state index is 12.6. The Morgan fingerprint density at radius 2 is 1.44 bits per heavy atom. The van der Waals surface area contributed by atoms with Crippen LogP contribution < -0.4 is 16.0 Å². The van der Waals surface area contributed by atoms with E-state index in [1.54, 1.807) is 36.4 Å². The molecule has 3 N–H and O–H groups in total. The number of amides is 2. The van der Waals surface area contributed by atoms with Crippen LogP contribution in [0.5, 0.6) is 0 Å². The predicted molar refractivity (Wildman–Crippen MR) is 124 cm³/mol. The minimum Gasteiger partial charge on any atom is -0.350 e. The number of hydrogen-bond donors (Lipinski definition) is 3. The molecule has 0 unspecified atom stereocenters. The van der Waals surface area contributed by atoms with Gasteiger partial charge in [0.2, 0.25) is 0 Å². The van der Waals surface area contributed by atoms with Gasteiger partial charge in [-0.05, 0) is 69.3 Å². The van der Waals surface area contributed by atoms with E-state index in [1.165, 1.54) is 18.2 Å². The van der Waals surface area contributed by atoms with Gasteiger partial charge in [0.05, 0.1) is 4.92 Å². The molecule has 164 valence electrons. The molecule has 0 aliphatic heterocycles. The van der Waals surface area contributed by atoms with E-state index >= 15 is 0 Å². The highest BCUT2D eigenvalue weighted by atomic mass is 16.6. The molecule has 0 heterocycles. The zero-order valence-electron chi connectivity index (χ0n) is 18.0. The van der Waals surface area contributed by atoms with E-state index in [2.05, 4.69) is 16.0 Å². The van der Waals surface area contributed by atoms with E-state index in [0.29, 0.717) is 16.9 Å². The van der Waals surface area contributed by atoms with Crippen molar-refractivity contribution < 1.29 is 14.5 Å². The van der Waals surface area contributed by atoms with Crippen LogP contribution in [0.15, 0.2) is 72.8 Å². The van der Waals surface area contributed by atoms with Crippen LogP contribution >= 0.6 is 0 Å². The molecule has 3 rings (SSSR count). The molecule has 8 heteroatoms. The summed E-state index contributed by atoms with van der Waals surface area (Å²) in [4.78, 5) is 35.8. The highest BCUT2D eigenvalue weighted by Crippen LogP contribution is 2.29. The van der Waals surface area contributed by atoms with Crippen molar-refractivity contribution in [1.82, 2.24) is 5.32 Å². The third-order valence-electron chi connectivity index (χ3n) is 4.40. The Balaban J connectivity index is 1.74. The Labute approximate surface area is 185 Å². The van der Waals surface area contributed by atoms with Crippen LogP contribution in [0.25, 0.3) is 0 Å². The lowest BCUT2D eigenvalue weighted by Crippen LogP contribution is -2.40. The van der Waals surface area contributed by atoms with Crippen LogP contribution in [0.2, 0.25) is 0 Å². The van der Waals surface area contributed by atoms with E-state index < -0.39 is 10.8 Å². The van der Waals surface area contributed by atoms with E-state index in [1.807, 2.05) is 39.0 Å². The van der Waals surface area contributed by atoms with Crippen LogP contribution in [-0.2, 0) is 0 Å². The maximum Gasteiger partial charge on any atom is 0.293 e. The molecule has 8 nitrogen and oxygen atoms in total. The normalized spacial score (nSPS) is 10.8. The van der Waals surface area contributed by atoms with Crippen LogP contribution in [0.3, 0.4) is 0 Å². The number of carbonyl (C=O) groups excluding carboxylic acids is 2. The Morgan fingerprint density at radius 3 is 2.03 bits per heavy atom. The molecule has 3 aromatic carbocycles. The number of nitrogens with zero attached hydrogens (tertiary/aromatic N) is 1. The summed E-state index contributed by atoms with van der Waals surface area (Å²) >= 11 is 0. The van der Waals surface area contributed by atoms with Gasteiger partial charge in [-0.25, -0.2) is 0 Å². The zero-order valence-corrected chi connectivity index (χ0v) is 18.0. The lowest BCUT2D eigenvalue weighted by molar-refractivity contribution is -0.383. The third kappa shape index (κ3) is 5.91. The fourth-order valence-corrected chi connectivity index (χ4v) is 2.93. The van der Waals surface area contributed by atoms with Crippen LogP contribution in [-0.4, -0.2) is 22.3 Å².